The lowest BCUT2D eigenvalue weighted by Crippen LogP contribution is -2.40. The van der Waals surface area contributed by atoms with Gasteiger partial charge in [-0.15, -0.1) is 0 Å². The van der Waals surface area contributed by atoms with E-state index in [2.05, 4.69) is 9.72 Å². The van der Waals surface area contributed by atoms with E-state index in [1.807, 2.05) is 0 Å². The third-order valence-electron chi connectivity index (χ3n) is 6.13. The zero-order valence-corrected chi connectivity index (χ0v) is 15.4. The van der Waals surface area contributed by atoms with Crippen LogP contribution in [0.5, 0.6) is 5.75 Å². The Bertz CT molecular complexity index is 990. The van der Waals surface area contributed by atoms with Crippen LogP contribution in [-0.4, -0.2) is 41.5 Å². The number of pyridine rings is 1. The number of esters is 1. The minimum atomic E-state index is -2.88. The number of halogens is 2. The second-order valence-electron chi connectivity index (χ2n) is 7.77. The molecule has 3 heterocycles. The van der Waals surface area contributed by atoms with Gasteiger partial charge in [-0.05, 0) is 36.6 Å². The molecule has 0 bridgehead atoms. The molecule has 1 atom stereocenters. The maximum Gasteiger partial charge on any atom is 0.387 e. The Morgan fingerprint density at radius 2 is 1.93 bits per heavy atom. The van der Waals surface area contributed by atoms with Crippen molar-refractivity contribution in [3.05, 3.63) is 59.4 Å². The normalized spacial score (nSPS) is 24.0. The van der Waals surface area contributed by atoms with Crippen LogP contribution in [0, 0.1) is 0 Å². The average molecular weight is 400 g/mol. The van der Waals surface area contributed by atoms with E-state index in [0.29, 0.717) is 37.9 Å². The van der Waals surface area contributed by atoms with E-state index >= 15 is 0 Å². The van der Waals surface area contributed by atoms with Crippen LogP contribution in [0.3, 0.4) is 0 Å². The maximum atomic E-state index is 13.3. The molecule has 0 N–H and O–H groups in total. The van der Waals surface area contributed by atoms with Crippen LogP contribution in [-0.2, 0) is 20.5 Å². The number of rotatable bonds is 4. The van der Waals surface area contributed by atoms with Crippen molar-refractivity contribution in [1.29, 1.82) is 0 Å². The number of aromatic nitrogens is 1. The molecule has 1 aliphatic carbocycles. The van der Waals surface area contributed by atoms with Gasteiger partial charge in [0.15, 0.2) is 5.60 Å². The second kappa shape index (κ2) is 6.23. The van der Waals surface area contributed by atoms with Crippen molar-refractivity contribution >= 4 is 11.9 Å². The minimum Gasteiger partial charge on any atom is -0.449 e. The highest BCUT2D eigenvalue weighted by atomic mass is 19.3. The van der Waals surface area contributed by atoms with Crippen LogP contribution in [0.25, 0.3) is 0 Å². The summed E-state index contributed by atoms with van der Waals surface area (Å²) in [5.74, 6) is -0.358. The topological polar surface area (TPSA) is 68.7 Å². The molecule has 8 heteroatoms. The van der Waals surface area contributed by atoms with Crippen LogP contribution >= 0.6 is 0 Å². The quantitative estimate of drug-likeness (QED) is 0.738. The number of fused-ring (bicyclic) bond motifs is 2. The lowest BCUT2D eigenvalue weighted by atomic mass is 9.92. The Kier molecular flexibility index (Phi) is 3.88. The number of alkyl halides is 2. The van der Waals surface area contributed by atoms with Gasteiger partial charge in [0.05, 0.1) is 17.5 Å². The van der Waals surface area contributed by atoms with Crippen molar-refractivity contribution in [3.63, 3.8) is 0 Å². The monoisotopic (exact) mass is 400 g/mol. The summed E-state index contributed by atoms with van der Waals surface area (Å²) in [4.78, 5) is 31.3. The van der Waals surface area contributed by atoms with Gasteiger partial charge in [-0.25, -0.2) is 4.79 Å². The van der Waals surface area contributed by atoms with E-state index in [9.17, 15) is 18.4 Å². The average Bonchev–Trinajstić information content (AvgIpc) is 3.34. The highest BCUT2D eigenvalue weighted by molar-refractivity contribution is 5.95. The molecule has 1 saturated heterocycles. The number of ether oxygens (including phenoxy) is 2. The Hall–Kier alpha value is -3.03. The molecule has 1 aromatic heterocycles. The lowest BCUT2D eigenvalue weighted by molar-refractivity contribution is -0.134. The van der Waals surface area contributed by atoms with Gasteiger partial charge in [-0.1, -0.05) is 12.1 Å². The Morgan fingerprint density at radius 1 is 1.17 bits per heavy atom. The molecule has 1 unspecified atom stereocenters. The number of amides is 1. The van der Waals surface area contributed by atoms with Crippen molar-refractivity contribution < 1.29 is 27.8 Å². The van der Waals surface area contributed by atoms with Crippen LogP contribution < -0.4 is 4.74 Å². The number of carbonyl (C=O) groups is 2. The summed E-state index contributed by atoms with van der Waals surface area (Å²) in [6, 6.07) is 8.05. The highest BCUT2D eigenvalue weighted by Crippen LogP contribution is 2.52. The number of carbonyl (C=O) groups excluding carboxylic acids is 2. The number of hydrogen-bond acceptors (Lipinski definition) is 5. The molecule has 1 aromatic carbocycles. The molecule has 1 spiro atoms. The second-order valence-corrected chi connectivity index (χ2v) is 7.77. The Balaban J connectivity index is 1.36. The Labute approximate surface area is 165 Å². The smallest absolute Gasteiger partial charge is 0.387 e. The summed E-state index contributed by atoms with van der Waals surface area (Å²) in [5.41, 5.74) is 0.580. The van der Waals surface area contributed by atoms with Gasteiger partial charge < -0.3 is 14.4 Å². The van der Waals surface area contributed by atoms with Gasteiger partial charge in [0.2, 0.25) is 5.91 Å². The Morgan fingerprint density at radius 3 is 2.62 bits per heavy atom. The molecule has 2 aliphatic heterocycles. The molecule has 1 amide bonds. The molecule has 5 rings (SSSR count). The van der Waals surface area contributed by atoms with Gasteiger partial charge in [-0.2, -0.15) is 8.78 Å². The standard InChI is InChI=1S/C21H18F2N2O4/c22-19(23)28-14-3-1-13(2-4-14)20(6-7-20)18(27)25-10-8-21(12-25)16-5-9-24-11-15(16)17(26)29-21/h1-5,9,11,19H,6-8,10,12H2. The van der Waals surface area contributed by atoms with E-state index in [0.717, 1.165) is 11.1 Å². The first-order valence-corrected chi connectivity index (χ1v) is 9.46. The van der Waals surface area contributed by atoms with Crippen LogP contribution in [0.1, 0.15) is 40.7 Å². The predicted octanol–water partition coefficient (Wildman–Crippen LogP) is 3.01. The molecule has 1 saturated carbocycles. The molecule has 3 aliphatic rings. The number of likely N-dealkylation sites (tertiary alicyclic amines) is 1. The van der Waals surface area contributed by atoms with Gasteiger partial charge in [0.1, 0.15) is 5.75 Å². The fraction of sp³-hybridized carbons (Fsp3) is 0.381. The van der Waals surface area contributed by atoms with Crippen molar-refractivity contribution in [2.24, 2.45) is 0 Å². The molecule has 2 aromatic rings. The molecular weight excluding hydrogens is 382 g/mol. The first-order valence-electron chi connectivity index (χ1n) is 9.46. The first kappa shape index (κ1) is 18.0. The van der Waals surface area contributed by atoms with E-state index in [1.165, 1.54) is 18.3 Å². The number of benzene rings is 1. The predicted molar refractivity (Wildman–Crippen MR) is 96.5 cm³/mol. The summed E-state index contributed by atoms with van der Waals surface area (Å²) >= 11 is 0. The van der Waals surface area contributed by atoms with E-state index < -0.39 is 23.6 Å². The van der Waals surface area contributed by atoms with Gasteiger partial charge in [-0.3, -0.25) is 9.78 Å². The maximum absolute atomic E-state index is 13.3. The van der Waals surface area contributed by atoms with Crippen molar-refractivity contribution in [2.45, 2.75) is 36.9 Å². The minimum absolute atomic E-state index is 0.0181. The van der Waals surface area contributed by atoms with E-state index in [4.69, 9.17) is 4.74 Å². The van der Waals surface area contributed by atoms with Gasteiger partial charge >= 0.3 is 12.6 Å². The third-order valence-corrected chi connectivity index (χ3v) is 6.13. The fourth-order valence-corrected chi connectivity index (χ4v) is 4.51. The van der Waals surface area contributed by atoms with Crippen molar-refractivity contribution in [1.82, 2.24) is 9.88 Å². The molecular formula is C21H18F2N2O4. The summed E-state index contributed by atoms with van der Waals surface area (Å²) in [7, 11) is 0. The largest absolute Gasteiger partial charge is 0.449 e. The third kappa shape index (κ3) is 2.77. The number of hydrogen-bond donors (Lipinski definition) is 0. The van der Waals surface area contributed by atoms with Crippen molar-refractivity contribution in [2.75, 3.05) is 13.1 Å². The lowest BCUT2D eigenvalue weighted by Gasteiger charge is -2.27. The zero-order valence-electron chi connectivity index (χ0n) is 15.4. The first-order chi connectivity index (χ1) is 13.9. The summed E-state index contributed by atoms with van der Waals surface area (Å²) in [5, 5.41) is 0. The highest BCUT2D eigenvalue weighted by Gasteiger charge is 2.57. The van der Waals surface area contributed by atoms with Crippen molar-refractivity contribution in [3.8, 4) is 5.75 Å². The molecule has 29 heavy (non-hydrogen) atoms. The summed E-state index contributed by atoms with van der Waals surface area (Å²) in [6.07, 6.45) is 5.06. The summed E-state index contributed by atoms with van der Waals surface area (Å²) < 4.78 is 34.8. The molecule has 0 radical (unpaired) electrons. The van der Waals surface area contributed by atoms with Crippen LogP contribution in [0.2, 0.25) is 0 Å². The molecule has 150 valence electrons. The fourth-order valence-electron chi connectivity index (χ4n) is 4.51. The van der Waals surface area contributed by atoms with E-state index in [1.54, 1.807) is 29.3 Å². The van der Waals surface area contributed by atoms with Gasteiger partial charge in [0.25, 0.3) is 0 Å². The van der Waals surface area contributed by atoms with Gasteiger partial charge in [0, 0.05) is 30.9 Å². The zero-order chi connectivity index (χ0) is 20.2. The SMILES string of the molecule is O=C1OC2(CCN(C(=O)C3(c4ccc(OC(F)F)cc4)CC3)C2)c2ccncc21. The molecule has 2 fully saturated rings. The van der Waals surface area contributed by atoms with Crippen LogP contribution in [0.15, 0.2) is 42.7 Å². The molecule has 6 nitrogen and oxygen atoms in total. The summed E-state index contributed by atoms with van der Waals surface area (Å²) in [6.45, 7) is -2.09. The van der Waals surface area contributed by atoms with Crippen LogP contribution in [0.4, 0.5) is 8.78 Å². The van der Waals surface area contributed by atoms with E-state index in [-0.39, 0.29) is 11.7 Å². The number of nitrogens with zero attached hydrogens (tertiary/aromatic N) is 2.